The van der Waals surface area contributed by atoms with Crippen molar-refractivity contribution in [1.82, 2.24) is 9.80 Å². The summed E-state index contributed by atoms with van der Waals surface area (Å²) in [6.07, 6.45) is 0. The molecule has 0 aromatic heterocycles. The summed E-state index contributed by atoms with van der Waals surface area (Å²) in [5, 5.41) is 0. The molecule has 0 unspecified atom stereocenters. The van der Waals surface area contributed by atoms with Crippen LogP contribution in [-0.4, -0.2) is 55.1 Å². The topological polar surface area (TPSA) is 42.0 Å². The number of benzene rings is 2. The van der Waals surface area contributed by atoms with E-state index in [2.05, 4.69) is 24.0 Å². The molecule has 1 heterocycles. The number of amides is 1. The van der Waals surface area contributed by atoms with E-state index in [1.165, 1.54) is 5.56 Å². The summed E-state index contributed by atoms with van der Waals surface area (Å²) in [5.74, 6) is 1.65. The van der Waals surface area contributed by atoms with E-state index in [1.54, 1.807) is 7.11 Å². The monoisotopic (exact) mass is 354 g/mol. The van der Waals surface area contributed by atoms with Crippen LogP contribution in [0.5, 0.6) is 11.5 Å². The molecule has 1 atom stereocenters. The van der Waals surface area contributed by atoms with Gasteiger partial charge in [0.2, 0.25) is 0 Å². The number of hydrogen-bond acceptors (Lipinski definition) is 4. The highest BCUT2D eigenvalue weighted by Gasteiger charge is 2.27. The SMILES string of the molecule is COc1cccc(CN2CCN(C(=O)COc3ccccc3)[C@@H](C)C2)c1. The zero-order valence-electron chi connectivity index (χ0n) is 15.4. The lowest BCUT2D eigenvalue weighted by atomic mass is 10.1. The van der Waals surface area contributed by atoms with E-state index in [4.69, 9.17) is 9.47 Å². The van der Waals surface area contributed by atoms with Gasteiger partial charge < -0.3 is 14.4 Å². The van der Waals surface area contributed by atoms with Crippen molar-refractivity contribution in [3.63, 3.8) is 0 Å². The highest BCUT2D eigenvalue weighted by atomic mass is 16.5. The number of rotatable bonds is 6. The van der Waals surface area contributed by atoms with Crippen LogP contribution < -0.4 is 9.47 Å². The Morgan fingerprint density at radius 3 is 2.58 bits per heavy atom. The van der Waals surface area contributed by atoms with E-state index in [-0.39, 0.29) is 18.6 Å². The van der Waals surface area contributed by atoms with Gasteiger partial charge in [0, 0.05) is 32.2 Å². The second-order valence-corrected chi connectivity index (χ2v) is 6.62. The molecule has 0 bridgehead atoms. The van der Waals surface area contributed by atoms with Crippen molar-refractivity contribution in [2.75, 3.05) is 33.4 Å². The van der Waals surface area contributed by atoms with Gasteiger partial charge in [-0.2, -0.15) is 0 Å². The van der Waals surface area contributed by atoms with Gasteiger partial charge in [0.15, 0.2) is 6.61 Å². The van der Waals surface area contributed by atoms with Crippen molar-refractivity contribution in [3.05, 3.63) is 60.2 Å². The summed E-state index contributed by atoms with van der Waals surface area (Å²) >= 11 is 0. The molecule has 0 N–H and O–H groups in total. The van der Waals surface area contributed by atoms with E-state index in [0.717, 1.165) is 37.7 Å². The molecule has 138 valence electrons. The van der Waals surface area contributed by atoms with E-state index in [0.29, 0.717) is 0 Å². The molecule has 1 aliphatic heterocycles. The average Bonchev–Trinajstić information content (AvgIpc) is 2.67. The van der Waals surface area contributed by atoms with Crippen LogP contribution in [0.25, 0.3) is 0 Å². The Kier molecular flexibility index (Phi) is 6.12. The average molecular weight is 354 g/mol. The first-order valence-corrected chi connectivity index (χ1v) is 8.98. The Bertz CT molecular complexity index is 720. The number of hydrogen-bond donors (Lipinski definition) is 0. The molecule has 1 aliphatic rings. The minimum absolute atomic E-state index is 0.0439. The van der Waals surface area contributed by atoms with Crippen molar-refractivity contribution in [3.8, 4) is 11.5 Å². The normalized spacial score (nSPS) is 17.8. The van der Waals surface area contributed by atoms with Crippen LogP contribution in [0.3, 0.4) is 0 Å². The van der Waals surface area contributed by atoms with Gasteiger partial charge in [-0.05, 0) is 36.8 Å². The number of para-hydroxylation sites is 1. The molecule has 0 radical (unpaired) electrons. The van der Waals surface area contributed by atoms with Gasteiger partial charge in [0.05, 0.1) is 7.11 Å². The summed E-state index contributed by atoms with van der Waals surface area (Å²) in [5.41, 5.74) is 1.23. The van der Waals surface area contributed by atoms with Crippen molar-refractivity contribution in [1.29, 1.82) is 0 Å². The van der Waals surface area contributed by atoms with E-state index < -0.39 is 0 Å². The van der Waals surface area contributed by atoms with Crippen molar-refractivity contribution in [2.45, 2.75) is 19.5 Å². The number of piperazine rings is 1. The number of nitrogens with zero attached hydrogens (tertiary/aromatic N) is 2. The van der Waals surface area contributed by atoms with E-state index >= 15 is 0 Å². The third kappa shape index (κ3) is 4.76. The number of ether oxygens (including phenoxy) is 2. The fourth-order valence-electron chi connectivity index (χ4n) is 3.32. The van der Waals surface area contributed by atoms with Crippen LogP contribution in [0.1, 0.15) is 12.5 Å². The molecule has 2 aromatic rings. The predicted molar refractivity (Wildman–Crippen MR) is 101 cm³/mol. The lowest BCUT2D eigenvalue weighted by molar-refractivity contribution is -0.138. The summed E-state index contributed by atoms with van der Waals surface area (Å²) < 4.78 is 10.9. The Morgan fingerprint density at radius 1 is 1.08 bits per heavy atom. The Hall–Kier alpha value is -2.53. The van der Waals surface area contributed by atoms with Crippen LogP contribution in [0.2, 0.25) is 0 Å². The first-order chi connectivity index (χ1) is 12.7. The Balaban J connectivity index is 1.50. The Morgan fingerprint density at radius 2 is 1.85 bits per heavy atom. The molecule has 1 fully saturated rings. The van der Waals surface area contributed by atoms with Gasteiger partial charge >= 0.3 is 0 Å². The molecule has 1 amide bonds. The minimum Gasteiger partial charge on any atom is -0.497 e. The molecule has 5 heteroatoms. The van der Waals surface area contributed by atoms with Gasteiger partial charge in [-0.3, -0.25) is 9.69 Å². The highest BCUT2D eigenvalue weighted by Crippen LogP contribution is 2.17. The molecule has 26 heavy (non-hydrogen) atoms. The summed E-state index contributed by atoms with van der Waals surface area (Å²) in [7, 11) is 1.68. The lowest BCUT2D eigenvalue weighted by Gasteiger charge is -2.39. The molecule has 3 rings (SSSR count). The second-order valence-electron chi connectivity index (χ2n) is 6.62. The molecule has 0 aliphatic carbocycles. The fourth-order valence-corrected chi connectivity index (χ4v) is 3.32. The minimum atomic E-state index is 0.0439. The molecule has 0 spiro atoms. The molecule has 5 nitrogen and oxygen atoms in total. The standard InChI is InChI=1S/C21H26N2O3/c1-17-14-22(15-18-7-6-10-20(13-18)25-2)11-12-23(17)21(24)16-26-19-8-4-3-5-9-19/h3-10,13,17H,11-12,14-16H2,1-2H3/t17-/m0/s1. The summed E-state index contributed by atoms with van der Waals surface area (Å²) in [6, 6.07) is 17.8. The fraction of sp³-hybridized carbons (Fsp3) is 0.381. The predicted octanol–water partition coefficient (Wildman–Crippen LogP) is 2.81. The summed E-state index contributed by atoms with van der Waals surface area (Å²) in [4.78, 5) is 16.8. The van der Waals surface area contributed by atoms with Gasteiger partial charge in [-0.15, -0.1) is 0 Å². The van der Waals surface area contributed by atoms with E-state index in [9.17, 15) is 4.79 Å². The summed E-state index contributed by atoms with van der Waals surface area (Å²) in [6.45, 7) is 5.49. The maximum atomic E-state index is 12.5. The van der Waals surface area contributed by atoms with Crippen molar-refractivity contribution in [2.24, 2.45) is 0 Å². The molecule has 0 saturated carbocycles. The lowest BCUT2D eigenvalue weighted by Crippen LogP contribution is -2.54. The van der Waals surface area contributed by atoms with Crippen LogP contribution in [0, 0.1) is 0 Å². The third-order valence-electron chi connectivity index (χ3n) is 4.68. The Labute approximate surface area is 155 Å². The van der Waals surface area contributed by atoms with Gasteiger partial charge in [-0.1, -0.05) is 30.3 Å². The maximum absolute atomic E-state index is 12.5. The van der Waals surface area contributed by atoms with Crippen LogP contribution in [0.4, 0.5) is 0 Å². The first kappa shape index (κ1) is 18.3. The smallest absolute Gasteiger partial charge is 0.260 e. The first-order valence-electron chi connectivity index (χ1n) is 8.98. The number of carbonyl (C=O) groups excluding carboxylic acids is 1. The molecule has 2 aromatic carbocycles. The van der Waals surface area contributed by atoms with Gasteiger partial charge in [-0.25, -0.2) is 0 Å². The van der Waals surface area contributed by atoms with Gasteiger partial charge in [0.1, 0.15) is 11.5 Å². The zero-order chi connectivity index (χ0) is 18.4. The zero-order valence-corrected chi connectivity index (χ0v) is 15.4. The third-order valence-corrected chi connectivity index (χ3v) is 4.68. The molecular weight excluding hydrogens is 328 g/mol. The number of carbonyl (C=O) groups is 1. The quantitative estimate of drug-likeness (QED) is 0.800. The second kappa shape index (κ2) is 8.72. The molecular formula is C21H26N2O3. The van der Waals surface area contributed by atoms with Gasteiger partial charge in [0.25, 0.3) is 5.91 Å². The largest absolute Gasteiger partial charge is 0.497 e. The van der Waals surface area contributed by atoms with Crippen molar-refractivity contribution >= 4 is 5.91 Å². The van der Waals surface area contributed by atoms with E-state index in [1.807, 2.05) is 47.4 Å². The maximum Gasteiger partial charge on any atom is 0.260 e. The van der Waals surface area contributed by atoms with Crippen LogP contribution >= 0.6 is 0 Å². The number of methoxy groups -OCH3 is 1. The highest BCUT2D eigenvalue weighted by molar-refractivity contribution is 5.78. The van der Waals surface area contributed by atoms with Crippen LogP contribution in [-0.2, 0) is 11.3 Å². The van der Waals surface area contributed by atoms with Crippen molar-refractivity contribution < 1.29 is 14.3 Å². The van der Waals surface area contributed by atoms with Crippen LogP contribution in [0.15, 0.2) is 54.6 Å². The molecule has 1 saturated heterocycles.